The smallest absolute Gasteiger partial charge is 0.293 e. The predicted molar refractivity (Wildman–Crippen MR) is 51.6 cm³/mol. The zero-order chi connectivity index (χ0) is 9.87. The standard InChI is InChI=1S/C11H15NO2/c1-6-10-8-3-7(14-5-13)4-9(11(6)10)12(8)2/h5,7-11H,1,3-4H2,2H3/t7?,8-,9+,10-,11+. The highest BCUT2D eigenvalue weighted by molar-refractivity contribution is 5.40. The molecular formula is C11H15NO2. The van der Waals surface area contributed by atoms with Crippen LogP contribution in [0.2, 0.25) is 0 Å². The maximum absolute atomic E-state index is 10.3. The van der Waals surface area contributed by atoms with E-state index in [9.17, 15) is 4.79 Å². The minimum absolute atomic E-state index is 0.152. The number of rotatable bonds is 2. The van der Waals surface area contributed by atoms with Gasteiger partial charge in [-0.2, -0.15) is 0 Å². The number of hydrogen-bond donors (Lipinski definition) is 0. The summed E-state index contributed by atoms with van der Waals surface area (Å²) in [4.78, 5) is 12.7. The van der Waals surface area contributed by atoms with Crippen LogP contribution in [0.4, 0.5) is 0 Å². The minimum Gasteiger partial charge on any atom is -0.464 e. The number of carbonyl (C=O) groups excluding carboxylic acids is 1. The first-order valence-corrected chi connectivity index (χ1v) is 5.23. The molecule has 0 radical (unpaired) electrons. The zero-order valence-electron chi connectivity index (χ0n) is 8.35. The molecule has 3 fully saturated rings. The first-order chi connectivity index (χ1) is 6.74. The van der Waals surface area contributed by atoms with Crippen LogP contribution >= 0.6 is 0 Å². The molecule has 1 saturated carbocycles. The lowest BCUT2D eigenvalue weighted by Gasteiger charge is -2.38. The molecule has 1 unspecified atom stereocenters. The highest BCUT2D eigenvalue weighted by Crippen LogP contribution is 2.61. The van der Waals surface area contributed by atoms with Gasteiger partial charge in [0.25, 0.3) is 6.47 Å². The van der Waals surface area contributed by atoms with Crippen molar-refractivity contribution in [3.05, 3.63) is 12.2 Å². The van der Waals surface area contributed by atoms with E-state index in [0.717, 1.165) is 12.8 Å². The Hall–Kier alpha value is -0.830. The molecule has 0 aromatic heterocycles. The Morgan fingerprint density at radius 1 is 1.43 bits per heavy atom. The number of piperidine rings is 2. The van der Waals surface area contributed by atoms with E-state index in [1.165, 1.54) is 5.57 Å². The van der Waals surface area contributed by atoms with E-state index in [4.69, 9.17) is 4.74 Å². The second-order valence-electron chi connectivity index (χ2n) is 4.75. The summed E-state index contributed by atoms with van der Waals surface area (Å²) in [7, 11) is 2.19. The lowest BCUT2D eigenvalue weighted by molar-refractivity contribution is -0.137. The molecule has 2 saturated heterocycles. The molecule has 0 spiro atoms. The quantitative estimate of drug-likeness (QED) is 0.480. The molecule has 2 bridgehead atoms. The molecule has 0 N–H and O–H groups in total. The SMILES string of the molecule is C=C1[C@@H]2[C@H]1[C@H]1CC(OC=O)C[C@@H]2N1C. The topological polar surface area (TPSA) is 29.5 Å². The van der Waals surface area contributed by atoms with Crippen LogP contribution in [0.25, 0.3) is 0 Å². The van der Waals surface area contributed by atoms with E-state index in [1.807, 2.05) is 0 Å². The van der Waals surface area contributed by atoms with Crippen LogP contribution in [-0.4, -0.2) is 36.6 Å². The van der Waals surface area contributed by atoms with Crippen LogP contribution in [0.5, 0.6) is 0 Å². The lowest BCUT2D eigenvalue weighted by atomic mass is 9.95. The fraction of sp³-hybridized carbons (Fsp3) is 0.727. The van der Waals surface area contributed by atoms with E-state index < -0.39 is 0 Å². The van der Waals surface area contributed by atoms with Gasteiger partial charge in [-0.15, -0.1) is 0 Å². The second-order valence-corrected chi connectivity index (χ2v) is 4.75. The molecule has 2 aliphatic heterocycles. The average Bonchev–Trinajstić information content (AvgIpc) is 2.77. The Morgan fingerprint density at radius 2 is 2.00 bits per heavy atom. The van der Waals surface area contributed by atoms with Crippen molar-refractivity contribution >= 4 is 6.47 Å². The van der Waals surface area contributed by atoms with Crippen molar-refractivity contribution in [2.45, 2.75) is 31.0 Å². The van der Waals surface area contributed by atoms with Crippen molar-refractivity contribution in [2.75, 3.05) is 7.05 Å². The first-order valence-electron chi connectivity index (χ1n) is 5.23. The first kappa shape index (κ1) is 8.48. The number of fused-ring (bicyclic) bond motifs is 5. The fourth-order valence-electron chi connectivity index (χ4n) is 3.54. The number of nitrogens with zero attached hydrogens (tertiary/aromatic N) is 1. The lowest BCUT2D eigenvalue weighted by Crippen LogP contribution is -2.46. The summed E-state index contributed by atoms with van der Waals surface area (Å²) in [5.74, 6) is 1.40. The van der Waals surface area contributed by atoms with Gasteiger partial charge >= 0.3 is 0 Å². The van der Waals surface area contributed by atoms with Gasteiger partial charge < -0.3 is 4.74 Å². The second kappa shape index (κ2) is 2.60. The van der Waals surface area contributed by atoms with Crippen LogP contribution < -0.4 is 0 Å². The number of ether oxygens (including phenoxy) is 1. The van der Waals surface area contributed by atoms with Gasteiger partial charge in [0, 0.05) is 36.8 Å². The van der Waals surface area contributed by atoms with Crippen molar-refractivity contribution in [2.24, 2.45) is 11.8 Å². The molecule has 5 atom stereocenters. The summed E-state index contributed by atoms with van der Waals surface area (Å²) in [6.07, 6.45) is 2.14. The molecule has 0 aromatic rings. The predicted octanol–water partition coefficient (Wildman–Crippen LogP) is 0.807. The highest BCUT2D eigenvalue weighted by atomic mass is 16.5. The zero-order valence-corrected chi connectivity index (χ0v) is 8.35. The van der Waals surface area contributed by atoms with Crippen LogP contribution in [0.3, 0.4) is 0 Å². The van der Waals surface area contributed by atoms with Crippen LogP contribution in [0.15, 0.2) is 12.2 Å². The highest BCUT2D eigenvalue weighted by Gasteiger charge is 2.63. The molecule has 0 aromatic carbocycles. The Bertz CT molecular complexity index is 280. The van der Waals surface area contributed by atoms with Gasteiger partial charge in [-0.3, -0.25) is 9.69 Å². The molecule has 0 amide bonds. The summed E-state index contributed by atoms with van der Waals surface area (Å²) in [6, 6.07) is 1.16. The van der Waals surface area contributed by atoms with Gasteiger partial charge in [-0.1, -0.05) is 12.2 Å². The van der Waals surface area contributed by atoms with E-state index in [-0.39, 0.29) is 6.10 Å². The summed E-state index contributed by atoms with van der Waals surface area (Å²) in [5, 5.41) is 0. The fourth-order valence-corrected chi connectivity index (χ4v) is 3.54. The van der Waals surface area contributed by atoms with Crippen molar-refractivity contribution < 1.29 is 9.53 Å². The third-order valence-electron chi connectivity index (χ3n) is 4.27. The maximum Gasteiger partial charge on any atom is 0.293 e. The third-order valence-corrected chi connectivity index (χ3v) is 4.27. The van der Waals surface area contributed by atoms with Crippen molar-refractivity contribution in [1.29, 1.82) is 0 Å². The van der Waals surface area contributed by atoms with Crippen molar-refractivity contribution in [1.82, 2.24) is 4.90 Å². The molecule has 3 heteroatoms. The van der Waals surface area contributed by atoms with E-state index in [2.05, 4.69) is 18.5 Å². The van der Waals surface area contributed by atoms with E-state index >= 15 is 0 Å². The van der Waals surface area contributed by atoms with Crippen molar-refractivity contribution in [3.8, 4) is 0 Å². The average molecular weight is 193 g/mol. The molecule has 3 nitrogen and oxygen atoms in total. The summed E-state index contributed by atoms with van der Waals surface area (Å²) in [6.45, 7) is 4.70. The van der Waals surface area contributed by atoms with E-state index in [0.29, 0.717) is 30.4 Å². The maximum atomic E-state index is 10.3. The Labute approximate surface area is 83.7 Å². The molecular weight excluding hydrogens is 178 g/mol. The molecule has 14 heavy (non-hydrogen) atoms. The minimum atomic E-state index is 0.152. The number of hydrogen-bond acceptors (Lipinski definition) is 3. The summed E-state index contributed by atoms with van der Waals surface area (Å²) >= 11 is 0. The Balaban J connectivity index is 1.79. The monoisotopic (exact) mass is 193 g/mol. The molecule has 76 valence electrons. The van der Waals surface area contributed by atoms with E-state index in [1.54, 1.807) is 0 Å². The Morgan fingerprint density at radius 3 is 2.50 bits per heavy atom. The van der Waals surface area contributed by atoms with Gasteiger partial charge in [0.15, 0.2) is 0 Å². The molecule has 2 heterocycles. The van der Waals surface area contributed by atoms with Gasteiger partial charge in [0.1, 0.15) is 6.10 Å². The largest absolute Gasteiger partial charge is 0.464 e. The normalized spacial score (nSPS) is 50.1. The van der Waals surface area contributed by atoms with Gasteiger partial charge in [-0.05, 0) is 7.05 Å². The number of carbonyl (C=O) groups is 1. The summed E-state index contributed by atoms with van der Waals surface area (Å²) in [5.41, 5.74) is 1.43. The molecule has 3 aliphatic rings. The molecule has 3 rings (SSSR count). The third kappa shape index (κ3) is 0.883. The van der Waals surface area contributed by atoms with Gasteiger partial charge in [0.05, 0.1) is 0 Å². The van der Waals surface area contributed by atoms with Gasteiger partial charge in [0.2, 0.25) is 0 Å². The van der Waals surface area contributed by atoms with Gasteiger partial charge in [-0.25, -0.2) is 0 Å². The van der Waals surface area contributed by atoms with Crippen LogP contribution in [0.1, 0.15) is 12.8 Å². The van der Waals surface area contributed by atoms with Crippen LogP contribution in [0, 0.1) is 11.8 Å². The molecule has 1 aliphatic carbocycles. The van der Waals surface area contributed by atoms with Crippen LogP contribution in [-0.2, 0) is 9.53 Å². The van der Waals surface area contributed by atoms with Crippen molar-refractivity contribution in [3.63, 3.8) is 0 Å². The summed E-state index contributed by atoms with van der Waals surface area (Å²) < 4.78 is 5.08. The Kier molecular flexibility index (Phi) is 1.57.